The fourth-order valence-corrected chi connectivity index (χ4v) is 2.10. The Bertz CT molecular complexity index is 676. The fourth-order valence-electron chi connectivity index (χ4n) is 1.47. The molecular formula is C8H5FN2O4S. The normalized spacial score (nSPS) is 11.8. The molecule has 1 aromatic carbocycles. The highest BCUT2D eigenvalue weighted by Crippen LogP contribution is 2.30. The van der Waals surface area contributed by atoms with Crippen LogP contribution in [0.15, 0.2) is 29.3 Å². The molecule has 0 atom stereocenters. The summed E-state index contributed by atoms with van der Waals surface area (Å²) in [6, 6.07) is 3.79. The van der Waals surface area contributed by atoms with Crippen molar-refractivity contribution in [3.8, 4) is 0 Å². The number of rotatable bonds is 2. The van der Waals surface area contributed by atoms with Crippen LogP contribution in [0.1, 0.15) is 0 Å². The maximum atomic E-state index is 12.8. The van der Waals surface area contributed by atoms with E-state index < -0.39 is 20.0 Å². The molecule has 0 spiro atoms. The van der Waals surface area contributed by atoms with E-state index in [2.05, 4.69) is 4.98 Å². The zero-order chi connectivity index (χ0) is 11.9. The summed E-state index contributed by atoms with van der Waals surface area (Å²) in [4.78, 5) is 11.7. The van der Waals surface area contributed by atoms with E-state index in [-0.39, 0.29) is 16.6 Å². The molecular weight excluding hydrogens is 239 g/mol. The molecule has 0 aliphatic carbocycles. The van der Waals surface area contributed by atoms with Crippen LogP contribution in [-0.2, 0) is 10.2 Å². The van der Waals surface area contributed by atoms with Crippen LogP contribution in [-0.4, -0.2) is 18.3 Å². The SMILES string of the molecule is O=[N+]([O-])c1cccc2c(S(=O)(=O)F)c[nH]c12. The van der Waals surface area contributed by atoms with E-state index in [9.17, 15) is 22.4 Å². The van der Waals surface area contributed by atoms with Crippen LogP contribution in [0.4, 0.5) is 9.57 Å². The van der Waals surface area contributed by atoms with Crippen molar-refractivity contribution < 1.29 is 17.2 Å². The minimum absolute atomic E-state index is 0.0104. The average molecular weight is 244 g/mol. The summed E-state index contributed by atoms with van der Waals surface area (Å²) in [5, 5.41) is 10.6. The van der Waals surface area contributed by atoms with E-state index >= 15 is 0 Å². The molecule has 2 aromatic rings. The van der Waals surface area contributed by atoms with E-state index in [1.807, 2.05) is 0 Å². The molecule has 1 heterocycles. The first-order valence-corrected chi connectivity index (χ1v) is 5.49. The predicted octanol–water partition coefficient (Wildman–Crippen LogP) is 1.73. The van der Waals surface area contributed by atoms with Gasteiger partial charge in [0.15, 0.2) is 0 Å². The zero-order valence-corrected chi connectivity index (χ0v) is 8.49. The lowest BCUT2D eigenvalue weighted by Gasteiger charge is -1.94. The quantitative estimate of drug-likeness (QED) is 0.494. The largest absolute Gasteiger partial charge is 0.354 e. The highest BCUT2D eigenvalue weighted by molar-refractivity contribution is 7.86. The molecule has 0 fully saturated rings. The van der Waals surface area contributed by atoms with Crippen LogP contribution in [0, 0.1) is 10.1 Å². The van der Waals surface area contributed by atoms with Crippen molar-refractivity contribution in [3.05, 3.63) is 34.5 Å². The smallest absolute Gasteiger partial charge is 0.334 e. The Morgan fingerprint density at radius 1 is 1.38 bits per heavy atom. The summed E-state index contributed by atoms with van der Waals surface area (Å²) >= 11 is 0. The fraction of sp³-hybridized carbons (Fsp3) is 0. The van der Waals surface area contributed by atoms with E-state index in [0.29, 0.717) is 0 Å². The van der Waals surface area contributed by atoms with Gasteiger partial charge in [0, 0.05) is 17.6 Å². The van der Waals surface area contributed by atoms with Gasteiger partial charge in [-0.05, 0) is 0 Å². The Hall–Kier alpha value is -1.96. The lowest BCUT2D eigenvalue weighted by atomic mass is 10.2. The molecule has 1 N–H and O–H groups in total. The van der Waals surface area contributed by atoms with Crippen molar-refractivity contribution in [2.45, 2.75) is 4.90 Å². The molecule has 0 saturated heterocycles. The van der Waals surface area contributed by atoms with Gasteiger partial charge in [-0.3, -0.25) is 10.1 Å². The number of aromatic nitrogens is 1. The van der Waals surface area contributed by atoms with Crippen LogP contribution in [0.25, 0.3) is 10.9 Å². The number of aromatic amines is 1. The molecule has 1 aromatic heterocycles. The summed E-state index contributed by atoms with van der Waals surface area (Å²) < 4.78 is 34.3. The number of halogens is 1. The standard InChI is InChI=1S/C8H5FN2O4S/c9-16(14,15)7-4-10-8-5(7)2-1-3-6(8)11(12)13/h1-4,10H. The number of hydrogen-bond acceptors (Lipinski definition) is 4. The van der Waals surface area contributed by atoms with Crippen molar-refractivity contribution in [1.29, 1.82) is 0 Å². The van der Waals surface area contributed by atoms with Gasteiger partial charge in [0.25, 0.3) is 5.69 Å². The molecule has 0 bridgehead atoms. The number of nitrogens with one attached hydrogen (secondary N) is 1. The minimum Gasteiger partial charge on any atom is -0.354 e. The van der Waals surface area contributed by atoms with E-state index in [1.54, 1.807) is 0 Å². The van der Waals surface area contributed by atoms with Crippen molar-refractivity contribution in [1.82, 2.24) is 4.98 Å². The average Bonchev–Trinajstić information content (AvgIpc) is 2.59. The third kappa shape index (κ3) is 1.52. The van der Waals surface area contributed by atoms with Crippen molar-refractivity contribution in [2.24, 2.45) is 0 Å². The molecule has 84 valence electrons. The summed E-state index contributed by atoms with van der Waals surface area (Å²) in [5.74, 6) is 0. The monoisotopic (exact) mass is 244 g/mol. The number of nitro benzene ring substituents is 1. The third-order valence-electron chi connectivity index (χ3n) is 2.11. The molecule has 0 amide bonds. The van der Waals surface area contributed by atoms with Gasteiger partial charge >= 0.3 is 10.2 Å². The third-order valence-corrected chi connectivity index (χ3v) is 2.98. The van der Waals surface area contributed by atoms with Gasteiger partial charge in [0.1, 0.15) is 10.4 Å². The Balaban J connectivity index is 2.87. The van der Waals surface area contributed by atoms with Crippen LogP contribution in [0.2, 0.25) is 0 Å². The molecule has 6 nitrogen and oxygen atoms in total. The van der Waals surface area contributed by atoms with Gasteiger partial charge in [-0.25, -0.2) is 0 Å². The molecule has 0 aliphatic rings. The highest BCUT2D eigenvalue weighted by Gasteiger charge is 2.22. The van der Waals surface area contributed by atoms with Crippen molar-refractivity contribution in [2.75, 3.05) is 0 Å². The number of fused-ring (bicyclic) bond motifs is 1. The minimum atomic E-state index is -4.88. The van der Waals surface area contributed by atoms with Crippen LogP contribution in [0.5, 0.6) is 0 Å². The highest BCUT2D eigenvalue weighted by atomic mass is 32.3. The number of H-pyrrole nitrogens is 1. The second-order valence-corrected chi connectivity index (χ2v) is 4.36. The molecule has 0 unspecified atom stereocenters. The molecule has 0 aliphatic heterocycles. The Morgan fingerprint density at radius 3 is 2.62 bits per heavy atom. The number of benzene rings is 1. The zero-order valence-electron chi connectivity index (χ0n) is 7.68. The summed E-state index contributed by atoms with van der Waals surface area (Å²) in [5.41, 5.74) is -0.309. The lowest BCUT2D eigenvalue weighted by Crippen LogP contribution is -1.91. The van der Waals surface area contributed by atoms with Crippen molar-refractivity contribution >= 4 is 26.8 Å². The van der Waals surface area contributed by atoms with E-state index in [0.717, 1.165) is 6.20 Å². The maximum absolute atomic E-state index is 12.8. The Kier molecular flexibility index (Phi) is 2.16. The number of nitro groups is 1. The summed E-state index contributed by atoms with van der Waals surface area (Å²) in [6.45, 7) is 0. The number of hydrogen-bond donors (Lipinski definition) is 1. The predicted molar refractivity (Wildman–Crippen MR) is 53.2 cm³/mol. The maximum Gasteiger partial charge on any atom is 0.334 e. The summed E-state index contributed by atoms with van der Waals surface area (Å²) in [7, 11) is -4.88. The lowest BCUT2D eigenvalue weighted by molar-refractivity contribution is -0.383. The second kappa shape index (κ2) is 3.27. The number of para-hydroxylation sites is 1. The molecule has 0 radical (unpaired) electrons. The van der Waals surface area contributed by atoms with Gasteiger partial charge < -0.3 is 4.98 Å². The summed E-state index contributed by atoms with van der Waals surface area (Å²) in [6.07, 6.45) is 0.896. The number of non-ortho nitro benzene ring substituents is 1. The van der Waals surface area contributed by atoms with Gasteiger partial charge in [0.2, 0.25) is 0 Å². The van der Waals surface area contributed by atoms with Gasteiger partial charge in [0.05, 0.1) is 4.92 Å². The first-order valence-electron chi connectivity index (χ1n) is 4.10. The van der Waals surface area contributed by atoms with E-state index in [1.165, 1.54) is 18.2 Å². The Labute approximate surface area is 89.1 Å². The van der Waals surface area contributed by atoms with Gasteiger partial charge in [-0.15, -0.1) is 3.89 Å². The first kappa shape index (κ1) is 10.6. The van der Waals surface area contributed by atoms with Crippen LogP contribution in [0.3, 0.4) is 0 Å². The van der Waals surface area contributed by atoms with Crippen LogP contribution < -0.4 is 0 Å². The van der Waals surface area contributed by atoms with E-state index in [4.69, 9.17) is 0 Å². The second-order valence-electron chi connectivity index (χ2n) is 3.05. The first-order chi connectivity index (χ1) is 7.41. The molecule has 2 rings (SSSR count). The Morgan fingerprint density at radius 2 is 2.06 bits per heavy atom. The van der Waals surface area contributed by atoms with Gasteiger partial charge in [-0.2, -0.15) is 8.42 Å². The molecule has 0 saturated carbocycles. The molecule has 8 heteroatoms. The topological polar surface area (TPSA) is 93.1 Å². The van der Waals surface area contributed by atoms with Crippen molar-refractivity contribution in [3.63, 3.8) is 0 Å². The van der Waals surface area contributed by atoms with Gasteiger partial charge in [-0.1, -0.05) is 12.1 Å². The van der Waals surface area contributed by atoms with Crippen LogP contribution >= 0.6 is 0 Å². The molecule has 16 heavy (non-hydrogen) atoms. The number of nitrogens with zero attached hydrogens (tertiary/aromatic N) is 1.